The highest BCUT2D eigenvalue weighted by atomic mass is 79.9. The van der Waals surface area contributed by atoms with Crippen LogP contribution in [0.4, 0.5) is 5.69 Å². The first kappa shape index (κ1) is 18.0. The first-order valence-corrected chi connectivity index (χ1v) is 11.1. The van der Waals surface area contributed by atoms with Gasteiger partial charge in [0, 0.05) is 12.1 Å². The van der Waals surface area contributed by atoms with Crippen molar-refractivity contribution in [2.75, 3.05) is 18.6 Å². The Hall–Kier alpha value is -1.38. The summed E-state index contributed by atoms with van der Waals surface area (Å²) >= 11 is 6.83. The molecule has 0 atom stereocenters. The molecule has 0 radical (unpaired) electrons. The standard InChI is InChI=1S/C18H15Br2NO4S/c1-25-16-12(19)8-11(9-13(16)20)17(22)21-10-18(6-7-18)26(23,24)15-5-3-2-4-14(15)21/h2-5,8-9H,6-7,10H2,1H3. The van der Waals surface area contributed by atoms with Crippen molar-refractivity contribution in [3.05, 3.63) is 50.9 Å². The van der Waals surface area contributed by atoms with E-state index < -0.39 is 14.6 Å². The first-order chi connectivity index (χ1) is 12.3. The van der Waals surface area contributed by atoms with Gasteiger partial charge in [0.2, 0.25) is 0 Å². The molecule has 1 aliphatic carbocycles. The van der Waals surface area contributed by atoms with Gasteiger partial charge >= 0.3 is 0 Å². The molecule has 1 heterocycles. The number of nitrogens with zero attached hydrogens (tertiary/aromatic N) is 1. The number of carbonyl (C=O) groups is 1. The zero-order valence-corrected chi connectivity index (χ0v) is 17.8. The Bertz CT molecular complexity index is 1010. The van der Waals surface area contributed by atoms with Gasteiger partial charge in [-0.1, -0.05) is 12.1 Å². The van der Waals surface area contributed by atoms with Crippen LogP contribution >= 0.6 is 31.9 Å². The average molecular weight is 501 g/mol. The minimum Gasteiger partial charge on any atom is -0.494 e. The van der Waals surface area contributed by atoms with Crippen molar-refractivity contribution in [3.8, 4) is 5.75 Å². The molecule has 0 bridgehead atoms. The molecule has 26 heavy (non-hydrogen) atoms. The molecule has 2 aromatic rings. The van der Waals surface area contributed by atoms with Crippen LogP contribution in [0.5, 0.6) is 5.75 Å². The Labute approximate surface area is 168 Å². The van der Waals surface area contributed by atoms with Crippen LogP contribution in [0.15, 0.2) is 50.2 Å². The van der Waals surface area contributed by atoms with E-state index in [0.29, 0.717) is 38.8 Å². The number of halogens is 2. The highest BCUT2D eigenvalue weighted by Crippen LogP contribution is 2.53. The predicted octanol–water partition coefficient (Wildman–Crippen LogP) is 4.19. The summed E-state index contributed by atoms with van der Waals surface area (Å²) < 4.78 is 31.6. The fourth-order valence-corrected chi connectivity index (χ4v) is 7.01. The van der Waals surface area contributed by atoms with Crippen LogP contribution in [0.1, 0.15) is 23.2 Å². The number of rotatable bonds is 2. The number of methoxy groups -OCH3 is 1. The minimum absolute atomic E-state index is 0.187. The quantitative estimate of drug-likeness (QED) is 0.620. The van der Waals surface area contributed by atoms with E-state index in [1.165, 1.54) is 0 Å². The predicted molar refractivity (Wildman–Crippen MR) is 106 cm³/mol. The number of benzene rings is 2. The molecular formula is C18H15Br2NO4S. The Kier molecular flexibility index (Phi) is 4.20. The fourth-order valence-electron chi connectivity index (χ4n) is 3.38. The molecule has 1 amide bonds. The molecular weight excluding hydrogens is 486 g/mol. The largest absolute Gasteiger partial charge is 0.494 e. The normalized spacial score (nSPS) is 19.1. The lowest BCUT2D eigenvalue weighted by Crippen LogP contribution is -2.47. The van der Waals surface area contributed by atoms with Crippen molar-refractivity contribution in [2.24, 2.45) is 0 Å². The molecule has 5 nitrogen and oxygen atoms in total. The molecule has 1 saturated carbocycles. The zero-order chi connectivity index (χ0) is 18.7. The highest BCUT2D eigenvalue weighted by molar-refractivity contribution is 9.11. The molecule has 0 saturated heterocycles. The average Bonchev–Trinajstić information content (AvgIpc) is 3.39. The van der Waals surface area contributed by atoms with Gasteiger partial charge in [-0.3, -0.25) is 4.79 Å². The second kappa shape index (κ2) is 6.07. The summed E-state index contributed by atoms with van der Waals surface area (Å²) in [6, 6.07) is 10.1. The first-order valence-electron chi connectivity index (χ1n) is 7.99. The number of anilines is 1. The van der Waals surface area contributed by atoms with Gasteiger partial charge in [0.05, 0.1) is 31.4 Å². The molecule has 8 heteroatoms. The summed E-state index contributed by atoms with van der Waals surface area (Å²) in [6.07, 6.45) is 1.17. The minimum atomic E-state index is -3.42. The van der Waals surface area contributed by atoms with Crippen molar-refractivity contribution in [3.63, 3.8) is 0 Å². The molecule has 4 rings (SSSR count). The Morgan fingerprint density at radius 3 is 2.35 bits per heavy atom. The number of hydrogen-bond acceptors (Lipinski definition) is 4. The number of sulfone groups is 1. The third kappa shape index (κ3) is 2.53. The molecule has 1 fully saturated rings. The molecule has 1 aliphatic heterocycles. The van der Waals surface area contributed by atoms with Crippen LogP contribution in [0.3, 0.4) is 0 Å². The lowest BCUT2D eigenvalue weighted by Gasteiger charge is -2.34. The summed E-state index contributed by atoms with van der Waals surface area (Å²) in [5.41, 5.74) is 0.896. The number of amides is 1. The third-order valence-electron chi connectivity index (χ3n) is 4.96. The van der Waals surface area contributed by atoms with E-state index in [1.54, 1.807) is 48.4 Å². The maximum absolute atomic E-state index is 13.2. The second-order valence-electron chi connectivity index (χ2n) is 6.52. The number of carbonyl (C=O) groups excluding carboxylic acids is 1. The van der Waals surface area contributed by atoms with Crippen LogP contribution < -0.4 is 9.64 Å². The van der Waals surface area contributed by atoms with E-state index in [9.17, 15) is 13.2 Å². The van der Waals surface area contributed by atoms with E-state index >= 15 is 0 Å². The lowest BCUT2D eigenvalue weighted by molar-refractivity contribution is 0.0985. The van der Waals surface area contributed by atoms with Crippen LogP contribution in [0.2, 0.25) is 0 Å². The van der Waals surface area contributed by atoms with Crippen LogP contribution in [-0.2, 0) is 9.84 Å². The molecule has 0 aromatic heterocycles. The number of fused-ring (bicyclic) bond motifs is 1. The molecule has 1 spiro atoms. The maximum atomic E-state index is 13.2. The molecule has 0 unspecified atom stereocenters. The summed E-state index contributed by atoms with van der Waals surface area (Å²) in [5, 5.41) is 0. The second-order valence-corrected chi connectivity index (χ2v) is 10.5. The van der Waals surface area contributed by atoms with Gasteiger partial charge in [0.1, 0.15) is 5.75 Å². The zero-order valence-electron chi connectivity index (χ0n) is 13.8. The summed E-state index contributed by atoms with van der Waals surface area (Å²) in [6.45, 7) is 0.187. The summed E-state index contributed by atoms with van der Waals surface area (Å²) in [5.74, 6) is 0.365. The van der Waals surface area contributed by atoms with Crippen molar-refractivity contribution >= 4 is 53.3 Å². The van der Waals surface area contributed by atoms with Gasteiger partial charge < -0.3 is 9.64 Å². The van der Waals surface area contributed by atoms with Crippen LogP contribution in [-0.4, -0.2) is 32.7 Å². The van der Waals surface area contributed by atoms with Crippen molar-refractivity contribution < 1.29 is 17.9 Å². The number of para-hydroxylation sites is 1. The number of ether oxygens (including phenoxy) is 1. The monoisotopic (exact) mass is 499 g/mol. The van der Waals surface area contributed by atoms with Gasteiger partial charge in [-0.25, -0.2) is 8.42 Å². The SMILES string of the molecule is COc1c(Br)cc(C(=O)N2CC3(CC3)S(=O)(=O)c3ccccc32)cc1Br. The third-order valence-corrected chi connectivity index (χ3v) is 8.74. The molecule has 2 aromatic carbocycles. The van der Waals surface area contributed by atoms with Gasteiger partial charge in [-0.05, 0) is 69.0 Å². The fraction of sp³-hybridized carbons (Fsp3) is 0.278. The Morgan fingerprint density at radius 1 is 1.15 bits per heavy atom. The molecule has 0 N–H and O–H groups in total. The van der Waals surface area contributed by atoms with Crippen molar-refractivity contribution in [2.45, 2.75) is 22.5 Å². The molecule has 136 valence electrons. The van der Waals surface area contributed by atoms with E-state index in [1.807, 2.05) is 0 Å². The Balaban J connectivity index is 1.82. The van der Waals surface area contributed by atoms with Crippen LogP contribution in [0, 0.1) is 0 Å². The van der Waals surface area contributed by atoms with E-state index in [4.69, 9.17) is 4.74 Å². The lowest BCUT2D eigenvalue weighted by atomic mass is 10.1. The Morgan fingerprint density at radius 2 is 1.77 bits per heavy atom. The maximum Gasteiger partial charge on any atom is 0.258 e. The van der Waals surface area contributed by atoms with Gasteiger partial charge in [-0.2, -0.15) is 0 Å². The van der Waals surface area contributed by atoms with Crippen molar-refractivity contribution in [1.82, 2.24) is 0 Å². The van der Waals surface area contributed by atoms with E-state index in [-0.39, 0.29) is 17.3 Å². The van der Waals surface area contributed by atoms with Gasteiger partial charge in [0.15, 0.2) is 9.84 Å². The summed E-state index contributed by atoms with van der Waals surface area (Å²) in [7, 11) is -1.87. The molecule has 2 aliphatic rings. The van der Waals surface area contributed by atoms with Gasteiger partial charge in [0.25, 0.3) is 5.91 Å². The number of hydrogen-bond donors (Lipinski definition) is 0. The topological polar surface area (TPSA) is 63.7 Å². The van der Waals surface area contributed by atoms with Crippen molar-refractivity contribution in [1.29, 1.82) is 0 Å². The van der Waals surface area contributed by atoms with Crippen LogP contribution in [0.25, 0.3) is 0 Å². The van der Waals surface area contributed by atoms with Gasteiger partial charge in [-0.15, -0.1) is 0 Å². The smallest absolute Gasteiger partial charge is 0.258 e. The van der Waals surface area contributed by atoms with E-state index in [0.717, 1.165) is 0 Å². The van der Waals surface area contributed by atoms with E-state index in [2.05, 4.69) is 31.9 Å². The summed E-state index contributed by atoms with van der Waals surface area (Å²) in [4.78, 5) is 15.1. The highest BCUT2D eigenvalue weighted by Gasteiger charge is 2.59.